The van der Waals surface area contributed by atoms with Gasteiger partial charge in [0.05, 0.1) is 21.6 Å². The summed E-state index contributed by atoms with van der Waals surface area (Å²) >= 11 is 3.16. The molecule has 0 aliphatic carbocycles. The third-order valence-electron chi connectivity index (χ3n) is 3.61. The maximum Gasteiger partial charge on any atom is 0.170 e. The maximum atomic E-state index is 13.5. The highest BCUT2D eigenvalue weighted by Crippen LogP contribution is 2.44. The van der Waals surface area contributed by atoms with Gasteiger partial charge in [-0.05, 0) is 56.1 Å². The van der Waals surface area contributed by atoms with Crippen molar-refractivity contribution in [1.82, 2.24) is 0 Å². The van der Waals surface area contributed by atoms with Crippen LogP contribution in [0.15, 0.2) is 22.7 Å². The number of ether oxygens (including phenoxy) is 1. The summed E-state index contributed by atoms with van der Waals surface area (Å²) in [6, 6.07) is 4.54. The van der Waals surface area contributed by atoms with Crippen LogP contribution < -0.4 is 0 Å². The summed E-state index contributed by atoms with van der Waals surface area (Å²) in [5.74, 6) is -0.746. The predicted molar refractivity (Wildman–Crippen MR) is 75.8 cm³/mol. The summed E-state index contributed by atoms with van der Waals surface area (Å²) < 4.78 is 19.7. The Morgan fingerprint density at radius 3 is 2.53 bits per heavy atom. The van der Waals surface area contributed by atoms with Crippen molar-refractivity contribution in [3.05, 3.63) is 34.1 Å². The van der Waals surface area contributed by atoms with Crippen LogP contribution >= 0.6 is 15.9 Å². The van der Waals surface area contributed by atoms with Gasteiger partial charge in [-0.3, -0.25) is 4.79 Å². The predicted octanol–water partition coefficient (Wildman–Crippen LogP) is 4.36. The molecule has 0 spiro atoms. The molecule has 1 aliphatic heterocycles. The van der Waals surface area contributed by atoms with E-state index in [1.165, 1.54) is 6.07 Å². The van der Waals surface area contributed by atoms with Crippen molar-refractivity contribution < 1.29 is 13.9 Å². The van der Waals surface area contributed by atoms with E-state index in [0.717, 1.165) is 0 Å². The highest BCUT2D eigenvalue weighted by Gasteiger charge is 2.49. The number of halogens is 2. The average molecular weight is 329 g/mol. The molecular formula is C15H18BrFO2. The first-order valence-corrected chi connectivity index (χ1v) is 7.12. The highest BCUT2D eigenvalue weighted by atomic mass is 79.9. The van der Waals surface area contributed by atoms with Gasteiger partial charge >= 0.3 is 0 Å². The van der Waals surface area contributed by atoms with E-state index in [1.807, 2.05) is 27.7 Å². The molecule has 1 aromatic rings. The van der Waals surface area contributed by atoms with Crippen LogP contribution in [0.25, 0.3) is 0 Å². The van der Waals surface area contributed by atoms with Crippen molar-refractivity contribution in [3.8, 4) is 0 Å². The molecule has 104 valence electrons. The minimum atomic E-state index is -0.535. The zero-order valence-electron chi connectivity index (χ0n) is 11.6. The number of benzene rings is 1. The fourth-order valence-electron chi connectivity index (χ4n) is 2.85. The van der Waals surface area contributed by atoms with Crippen LogP contribution in [0, 0.1) is 11.7 Å². The first kappa shape index (κ1) is 14.7. The van der Waals surface area contributed by atoms with Crippen LogP contribution in [0.3, 0.4) is 0 Å². The molecule has 2 rings (SSSR count). The van der Waals surface area contributed by atoms with E-state index in [1.54, 1.807) is 12.1 Å². The van der Waals surface area contributed by atoms with Gasteiger partial charge in [0.2, 0.25) is 0 Å². The van der Waals surface area contributed by atoms with Crippen molar-refractivity contribution in [2.75, 3.05) is 0 Å². The van der Waals surface area contributed by atoms with E-state index < -0.39 is 11.4 Å². The lowest BCUT2D eigenvalue weighted by atomic mass is 9.81. The molecular weight excluding hydrogens is 311 g/mol. The Bertz CT molecular complexity index is 523. The van der Waals surface area contributed by atoms with Crippen molar-refractivity contribution in [2.45, 2.75) is 45.3 Å². The van der Waals surface area contributed by atoms with E-state index in [9.17, 15) is 9.18 Å². The lowest BCUT2D eigenvalue weighted by Gasteiger charge is -2.26. The molecule has 4 heteroatoms. The minimum Gasteiger partial charge on any atom is -0.369 e. The minimum absolute atomic E-state index is 0.0676. The third kappa shape index (κ3) is 2.75. The van der Waals surface area contributed by atoms with E-state index in [0.29, 0.717) is 12.0 Å². The van der Waals surface area contributed by atoms with Gasteiger partial charge < -0.3 is 4.74 Å². The quantitative estimate of drug-likeness (QED) is 0.754. The second kappa shape index (κ2) is 4.67. The van der Waals surface area contributed by atoms with Gasteiger partial charge in [0.25, 0.3) is 0 Å². The van der Waals surface area contributed by atoms with Gasteiger partial charge in [-0.25, -0.2) is 4.39 Å². The van der Waals surface area contributed by atoms with Crippen LogP contribution in [0.2, 0.25) is 0 Å². The van der Waals surface area contributed by atoms with Gasteiger partial charge in [-0.15, -0.1) is 0 Å². The molecule has 0 aromatic heterocycles. The standard InChI is InChI=1S/C15H18BrFO2/c1-14(2)8-10(15(3,4)19-14)13(18)9-6-5-7-11(17)12(9)16/h5-7,10H,8H2,1-4H3. The number of carbonyl (C=O) groups excluding carboxylic acids is 1. The lowest BCUT2D eigenvalue weighted by Crippen LogP contribution is -2.34. The maximum absolute atomic E-state index is 13.5. The molecule has 0 bridgehead atoms. The first-order valence-electron chi connectivity index (χ1n) is 6.32. The van der Waals surface area contributed by atoms with E-state index in [-0.39, 0.29) is 21.8 Å². The number of ketones is 1. The van der Waals surface area contributed by atoms with Gasteiger partial charge in [-0.1, -0.05) is 12.1 Å². The number of carbonyl (C=O) groups is 1. The number of Topliss-reactive ketones (excluding diaryl/α,β-unsaturated/α-hetero) is 1. The van der Waals surface area contributed by atoms with Crippen LogP contribution in [0.5, 0.6) is 0 Å². The Kier molecular flexibility index (Phi) is 3.60. The molecule has 1 aliphatic rings. The molecule has 0 saturated carbocycles. The van der Waals surface area contributed by atoms with Gasteiger partial charge in [-0.2, -0.15) is 0 Å². The van der Waals surface area contributed by atoms with Gasteiger partial charge in [0, 0.05) is 5.56 Å². The summed E-state index contributed by atoms with van der Waals surface area (Å²) in [6.07, 6.45) is 0.641. The fraction of sp³-hybridized carbons (Fsp3) is 0.533. The van der Waals surface area contributed by atoms with Crippen LogP contribution in [0.4, 0.5) is 4.39 Å². The van der Waals surface area contributed by atoms with Crippen LogP contribution in [-0.2, 0) is 4.74 Å². The average Bonchev–Trinajstić information content (AvgIpc) is 2.50. The van der Waals surface area contributed by atoms with Crippen molar-refractivity contribution in [3.63, 3.8) is 0 Å². The second-order valence-corrected chi connectivity index (χ2v) is 6.98. The molecule has 0 amide bonds. The normalized spacial score (nSPS) is 24.4. The molecule has 0 radical (unpaired) electrons. The van der Waals surface area contributed by atoms with E-state index in [4.69, 9.17) is 4.74 Å². The zero-order valence-corrected chi connectivity index (χ0v) is 13.2. The second-order valence-electron chi connectivity index (χ2n) is 6.19. The molecule has 1 fully saturated rings. The number of rotatable bonds is 2. The molecule has 1 aromatic carbocycles. The van der Waals surface area contributed by atoms with Crippen molar-refractivity contribution in [2.24, 2.45) is 5.92 Å². The molecule has 1 heterocycles. The summed E-state index contributed by atoms with van der Waals surface area (Å²) in [7, 11) is 0. The fourth-order valence-corrected chi connectivity index (χ4v) is 3.31. The Balaban J connectivity index is 2.37. The van der Waals surface area contributed by atoms with Crippen LogP contribution in [0.1, 0.15) is 44.5 Å². The van der Waals surface area contributed by atoms with E-state index in [2.05, 4.69) is 15.9 Å². The zero-order chi connectivity index (χ0) is 14.4. The monoisotopic (exact) mass is 328 g/mol. The molecule has 2 nitrogen and oxygen atoms in total. The van der Waals surface area contributed by atoms with E-state index >= 15 is 0 Å². The van der Waals surface area contributed by atoms with Crippen molar-refractivity contribution in [1.29, 1.82) is 0 Å². The summed E-state index contributed by atoms with van der Waals surface area (Å²) in [5, 5.41) is 0. The number of hydrogen-bond donors (Lipinski definition) is 0. The molecule has 1 unspecified atom stereocenters. The summed E-state index contributed by atoms with van der Waals surface area (Å²) in [4.78, 5) is 12.6. The Hall–Kier alpha value is -0.740. The Morgan fingerprint density at radius 1 is 1.37 bits per heavy atom. The lowest BCUT2D eigenvalue weighted by molar-refractivity contribution is -0.0712. The van der Waals surface area contributed by atoms with Gasteiger partial charge in [0.15, 0.2) is 5.78 Å². The molecule has 1 saturated heterocycles. The van der Waals surface area contributed by atoms with Crippen molar-refractivity contribution >= 4 is 21.7 Å². The SMILES string of the molecule is CC1(C)CC(C(=O)c2cccc(F)c2Br)C(C)(C)O1. The highest BCUT2D eigenvalue weighted by molar-refractivity contribution is 9.10. The Labute approximate surface area is 121 Å². The molecule has 0 N–H and O–H groups in total. The topological polar surface area (TPSA) is 26.3 Å². The summed E-state index contributed by atoms with van der Waals surface area (Å²) in [5.41, 5.74) is -0.477. The Morgan fingerprint density at radius 2 is 2.00 bits per heavy atom. The van der Waals surface area contributed by atoms with Crippen LogP contribution in [-0.4, -0.2) is 17.0 Å². The molecule has 1 atom stereocenters. The number of hydrogen-bond acceptors (Lipinski definition) is 2. The third-order valence-corrected chi connectivity index (χ3v) is 4.41. The largest absolute Gasteiger partial charge is 0.369 e. The smallest absolute Gasteiger partial charge is 0.170 e. The summed E-state index contributed by atoms with van der Waals surface area (Å²) in [6.45, 7) is 7.78. The molecule has 19 heavy (non-hydrogen) atoms. The first-order chi connectivity index (χ1) is 8.64. The van der Waals surface area contributed by atoms with Gasteiger partial charge in [0.1, 0.15) is 5.82 Å².